The molecule has 66 valence electrons. The molecule has 0 aliphatic heterocycles. The highest BCUT2D eigenvalue weighted by molar-refractivity contribution is 5.38. The Balaban J connectivity index is 2.37. The van der Waals surface area contributed by atoms with Gasteiger partial charge in [0.05, 0.1) is 23.8 Å². The highest BCUT2D eigenvalue weighted by atomic mass is 16.3. The normalized spacial score (nSPS) is 17.8. The first kappa shape index (κ1) is 8.21. The molecule has 0 radical (unpaired) electrons. The third-order valence-electron chi connectivity index (χ3n) is 2.50. The molecule has 1 fully saturated rings. The van der Waals surface area contributed by atoms with Crippen LogP contribution < -0.4 is 0 Å². The molecule has 1 aliphatic rings. The molecule has 1 saturated carbocycles. The number of rotatable bonds is 2. The van der Waals surface area contributed by atoms with Crippen LogP contribution in [-0.2, 0) is 12.0 Å². The summed E-state index contributed by atoms with van der Waals surface area (Å²) in [5.41, 5.74) is 1.36. The minimum atomic E-state index is -0.271. The summed E-state index contributed by atoms with van der Waals surface area (Å²) in [4.78, 5) is 3.97. The molecule has 0 unspecified atom stereocenters. The van der Waals surface area contributed by atoms with Gasteiger partial charge in [-0.3, -0.25) is 4.98 Å². The van der Waals surface area contributed by atoms with Crippen LogP contribution in [0.25, 0.3) is 0 Å². The van der Waals surface area contributed by atoms with Crippen molar-refractivity contribution in [3.05, 3.63) is 29.6 Å². The third-order valence-corrected chi connectivity index (χ3v) is 2.50. The largest absolute Gasteiger partial charge is 0.390 e. The number of hydrogen-bond donors (Lipinski definition) is 1. The first-order valence-electron chi connectivity index (χ1n) is 4.28. The molecule has 0 amide bonds. The van der Waals surface area contributed by atoms with Gasteiger partial charge in [-0.15, -0.1) is 0 Å². The monoisotopic (exact) mass is 174 g/mol. The second kappa shape index (κ2) is 2.82. The average molecular weight is 174 g/mol. The Labute approximate surface area is 76.7 Å². The fourth-order valence-corrected chi connectivity index (χ4v) is 1.45. The zero-order valence-corrected chi connectivity index (χ0v) is 7.20. The third kappa shape index (κ3) is 1.30. The standard InChI is InChI=1S/C10H10N2O/c11-7-10(2-3-10)8-1-4-12-9(5-8)6-13/h1,4-5,13H,2-3,6H2. The van der Waals surface area contributed by atoms with Crippen LogP contribution in [0.3, 0.4) is 0 Å². The summed E-state index contributed by atoms with van der Waals surface area (Å²) in [6.45, 7) is -0.0602. The summed E-state index contributed by atoms with van der Waals surface area (Å²) < 4.78 is 0. The molecule has 13 heavy (non-hydrogen) atoms. The number of aromatic nitrogens is 1. The van der Waals surface area contributed by atoms with Crippen LogP contribution in [0.4, 0.5) is 0 Å². The zero-order chi connectivity index (χ0) is 9.31. The topological polar surface area (TPSA) is 56.9 Å². The van der Waals surface area contributed by atoms with Crippen LogP contribution in [0.5, 0.6) is 0 Å². The Morgan fingerprint density at radius 2 is 2.38 bits per heavy atom. The van der Waals surface area contributed by atoms with E-state index >= 15 is 0 Å². The van der Waals surface area contributed by atoms with Crippen LogP contribution in [0.2, 0.25) is 0 Å². The molecule has 0 saturated heterocycles. The smallest absolute Gasteiger partial charge is 0.0853 e. The Hall–Kier alpha value is -1.40. The van der Waals surface area contributed by atoms with Crippen molar-refractivity contribution < 1.29 is 5.11 Å². The molecule has 0 aromatic carbocycles. The van der Waals surface area contributed by atoms with Gasteiger partial charge in [0.2, 0.25) is 0 Å². The summed E-state index contributed by atoms with van der Waals surface area (Å²) in [6.07, 6.45) is 3.51. The lowest BCUT2D eigenvalue weighted by Crippen LogP contribution is -2.04. The molecular weight excluding hydrogens is 164 g/mol. The van der Waals surface area contributed by atoms with E-state index in [-0.39, 0.29) is 12.0 Å². The Bertz CT molecular complexity index is 363. The van der Waals surface area contributed by atoms with E-state index < -0.39 is 0 Å². The maximum atomic E-state index is 8.94. The van der Waals surface area contributed by atoms with Gasteiger partial charge in [0, 0.05) is 6.20 Å². The number of hydrogen-bond acceptors (Lipinski definition) is 3. The SMILES string of the molecule is N#CC1(c2ccnc(CO)c2)CC1. The number of nitrogens with zero attached hydrogens (tertiary/aromatic N) is 2. The van der Waals surface area contributed by atoms with Crippen LogP contribution >= 0.6 is 0 Å². The predicted octanol–water partition coefficient (Wildman–Crippen LogP) is 1.13. The van der Waals surface area contributed by atoms with Gasteiger partial charge in [-0.2, -0.15) is 5.26 Å². The quantitative estimate of drug-likeness (QED) is 0.731. The van der Waals surface area contributed by atoms with E-state index in [0.29, 0.717) is 5.69 Å². The van der Waals surface area contributed by atoms with Gasteiger partial charge in [0.15, 0.2) is 0 Å². The van der Waals surface area contributed by atoms with Crippen LogP contribution in [0.15, 0.2) is 18.3 Å². The van der Waals surface area contributed by atoms with Crippen molar-refractivity contribution in [1.29, 1.82) is 5.26 Å². The number of aliphatic hydroxyl groups excluding tert-OH is 1. The van der Waals surface area contributed by atoms with Crippen molar-refractivity contribution in [2.45, 2.75) is 24.9 Å². The lowest BCUT2D eigenvalue weighted by Gasteiger charge is -2.06. The summed E-state index contributed by atoms with van der Waals surface area (Å²) >= 11 is 0. The second-order valence-corrected chi connectivity index (χ2v) is 3.39. The van der Waals surface area contributed by atoms with E-state index in [0.717, 1.165) is 18.4 Å². The molecule has 1 aromatic rings. The number of aliphatic hydroxyl groups is 1. The first-order chi connectivity index (χ1) is 6.30. The molecular formula is C10H10N2O. The van der Waals surface area contributed by atoms with Crippen molar-refractivity contribution >= 4 is 0 Å². The van der Waals surface area contributed by atoms with Crippen LogP contribution in [-0.4, -0.2) is 10.1 Å². The summed E-state index contributed by atoms with van der Waals surface area (Å²) in [5.74, 6) is 0. The number of nitriles is 1. The van der Waals surface area contributed by atoms with Crippen LogP contribution in [0.1, 0.15) is 24.1 Å². The maximum Gasteiger partial charge on any atom is 0.0853 e. The van der Waals surface area contributed by atoms with Gasteiger partial charge < -0.3 is 5.11 Å². The first-order valence-corrected chi connectivity index (χ1v) is 4.28. The fraction of sp³-hybridized carbons (Fsp3) is 0.400. The second-order valence-electron chi connectivity index (χ2n) is 3.39. The summed E-state index contributed by atoms with van der Waals surface area (Å²) in [5, 5.41) is 17.8. The van der Waals surface area contributed by atoms with Gasteiger partial charge in [0.25, 0.3) is 0 Å². The van der Waals surface area contributed by atoms with Gasteiger partial charge in [-0.05, 0) is 30.5 Å². The molecule has 0 atom stereocenters. The lowest BCUT2D eigenvalue weighted by molar-refractivity contribution is 0.276. The molecule has 1 aliphatic carbocycles. The Morgan fingerprint density at radius 1 is 1.62 bits per heavy atom. The zero-order valence-electron chi connectivity index (χ0n) is 7.20. The summed E-state index contributed by atoms with van der Waals surface area (Å²) in [6, 6.07) is 5.98. The van der Waals surface area contributed by atoms with E-state index in [9.17, 15) is 0 Å². The van der Waals surface area contributed by atoms with E-state index in [4.69, 9.17) is 10.4 Å². The van der Waals surface area contributed by atoms with Crippen molar-refractivity contribution in [2.24, 2.45) is 0 Å². The predicted molar refractivity (Wildman–Crippen MR) is 46.7 cm³/mol. The molecule has 3 nitrogen and oxygen atoms in total. The minimum Gasteiger partial charge on any atom is -0.390 e. The molecule has 1 aromatic heterocycles. The van der Waals surface area contributed by atoms with E-state index in [2.05, 4.69) is 11.1 Å². The van der Waals surface area contributed by atoms with Gasteiger partial charge >= 0.3 is 0 Å². The Kier molecular flexibility index (Phi) is 1.78. The fourth-order valence-electron chi connectivity index (χ4n) is 1.45. The van der Waals surface area contributed by atoms with Crippen LogP contribution in [0, 0.1) is 11.3 Å². The highest BCUT2D eigenvalue weighted by Crippen LogP contribution is 2.47. The van der Waals surface area contributed by atoms with E-state index in [1.165, 1.54) is 0 Å². The summed E-state index contributed by atoms with van der Waals surface area (Å²) in [7, 11) is 0. The minimum absolute atomic E-state index is 0.0602. The molecule has 1 heterocycles. The van der Waals surface area contributed by atoms with Crippen molar-refractivity contribution in [3.63, 3.8) is 0 Å². The number of pyridine rings is 1. The van der Waals surface area contributed by atoms with Crippen molar-refractivity contribution in [1.82, 2.24) is 4.98 Å². The van der Waals surface area contributed by atoms with Gasteiger partial charge in [-0.25, -0.2) is 0 Å². The van der Waals surface area contributed by atoms with Crippen molar-refractivity contribution in [3.8, 4) is 6.07 Å². The van der Waals surface area contributed by atoms with E-state index in [1.54, 1.807) is 6.20 Å². The van der Waals surface area contributed by atoms with Crippen molar-refractivity contribution in [2.75, 3.05) is 0 Å². The molecule has 0 bridgehead atoms. The van der Waals surface area contributed by atoms with E-state index in [1.807, 2.05) is 12.1 Å². The molecule has 1 N–H and O–H groups in total. The van der Waals surface area contributed by atoms with Gasteiger partial charge in [-0.1, -0.05) is 0 Å². The molecule has 3 heteroatoms. The average Bonchev–Trinajstić information content (AvgIpc) is 2.99. The molecule has 2 rings (SSSR count). The molecule has 0 spiro atoms. The van der Waals surface area contributed by atoms with Gasteiger partial charge in [0.1, 0.15) is 0 Å². The lowest BCUT2D eigenvalue weighted by atomic mass is 9.98. The highest BCUT2D eigenvalue weighted by Gasteiger charge is 2.44. The maximum absolute atomic E-state index is 8.94. The Morgan fingerprint density at radius 3 is 2.92 bits per heavy atom.